The number of aromatic nitrogens is 2. The first-order valence-corrected chi connectivity index (χ1v) is 7.39. The minimum absolute atomic E-state index is 0.422. The number of hydrogen-bond acceptors (Lipinski definition) is 5. The minimum Gasteiger partial charge on any atom is -0.326 e. The molecule has 0 bridgehead atoms. The van der Waals surface area contributed by atoms with Gasteiger partial charge in [-0.05, 0) is 30.7 Å². The zero-order valence-corrected chi connectivity index (χ0v) is 12.5. The van der Waals surface area contributed by atoms with Crippen molar-refractivity contribution in [1.29, 1.82) is 0 Å². The third-order valence-electron chi connectivity index (χ3n) is 3.48. The molecule has 3 aromatic rings. The molecule has 3 rings (SSSR count). The van der Waals surface area contributed by atoms with Crippen LogP contribution in [0.4, 0.5) is 17.5 Å². The van der Waals surface area contributed by atoms with Gasteiger partial charge in [0.1, 0.15) is 5.82 Å². The highest BCUT2D eigenvalue weighted by Crippen LogP contribution is 2.30. The molecule has 1 heterocycles. The van der Waals surface area contributed by atoms with E-state index in [0.717, 1.165) is 35.4 Å². The average Bonchev–Trinajstić information content (AvgIpc) is 2.59. The van der Waals surface area contributed by atoms with E-state index in [1.165, 1.54) is 0 Å². The van der Waals surface area contributed by atoms with E-state index in [9.17, 15) is 0 Å². The lowest BCUT2D eigenvalue weighted by Gasteiger charge is -2.25. The van der Waals surface area contributed by atoms with Crippen LogP contribution in [0.5, 0.6) is 0 Å². The second-order valence-corrected chi connectivity index (χ2v) is 5.02. The molecule has 0 amide bonds. The van der Waals surface area contributed by atoms with E-state index in [1.54, 1.807) is 0 Å². The van der Waals surface area contributed by atoms with Crippen molar-refractivity contribution in [2.75, 3.05) is 16.9 Å². The normalized spacial score (nSPS) is 10.6. The van der Waals surface area contributed by atoms with Gasteiger partial charge in [-0.15, -0.1) is 0 Å². The van der Waals surface area contributed by atoms with Crippen LogP contribution in [0.1, 0.15) is 13.3 Å². The van der Waals surface area contributed by atoms with Gasteiger partial charge in [0.15, 0.2) is 0 Å². The van der Waals surface area contributed by atoms with Crippen molar-refractivity contribution in [1.82, 2.24) is 9.97 Å². The van der Waals surface area contributed by atoms with Gasteiger partial charge in [-0.2, -0.15) is 4.98 Å². The molecule has 0 fully saturated rings. The van der Waals surface area contributed by atoms with Crippen LogP contribution >= 0.6 is 0 Å². The van der Waals surface area contributed by atoms with Crippen molar-refractivity contribution < 1.29 is 0 Å². The van der Waals surface area contributed by atoms with Gasteiger partial charge in [-0.3, -0.25) is 5.43 Å². The number of nitrogens with one attached hydrogen (secondary N) is 1. The first kappa shape index (κ1) is 14.3. The van der Waals surface area contributed by atoms with E-state index in [4.69, 9.17) is 5.84 Å². The first-order chi connectivity index (χ1) is 10.8. The summed E-state index contributed by atoms with van der Waals surface area (Å²) in [6.45, 7) is 3.02. The number of para-hydroxylation sites is 2. The summed E-state index contributed by atoms with van der Waals surface area (Å²) in [5.41, 5.74) is 4.54. The average molecular weight is 293 g/mol. The molecule has 0 aliphatic carbocycles. The van der Waals surface area contributed by atoms with Crippen LogP contribution in [-0.2, 0) is 0 Å². The standard InChI is InChI=1S/C17H19N5/c1-2-12-22(13-8-4-3-5-9-13)16-14-10-6-7-11-15(14)19-17(20-16)21-18/h3-11H,2,12,18H2,1H3,(H,19,20,21). The number of benzene rings is 2. The van der Waals surface area contributed by atoms with Gasteiger partial charge in [0.2, 0.25) is 5.95 Å². The van der Waals surface area contributed by atoms with Crippen LogP contribution in [0.25, 0.3) is 10.9 Å². The molecule has 0 spiro atoms. The molecule has 0 radical (unpaired) electrons. The van der Waals surface area contributed by atoms with Crippen molar-refractivity contribution in [3.8, 4) is 0 Å². The van der Waals surface area contributed by atoms with E-state index < -0.39 is 0 Å². The second-order valence-electron chi connectivity index (χ2n) is 5.02. The Bertz CT molecular complexity index is 757. The van der Waals surface area contributed by atoms with E-state index in [0.29, 0.717) is 5.95 Å². The molecule has 0 atom stereocenters. The monoisotopic (exact) mass is 293 g/mol. The molecule has 1 aromatic heterocycles. The van der Waals surface area contributed by atoms with E-state index >= 15 is 0 Å². The summed E-state index contributed by atoms with van der Waals surface area (Å²) in [7, 11) is 0. The number of nitrogens with zero attached hydrogens (tertiary/aromatic N) is 3. The number of nitrogens with two attached hydrogens (primary N) is 1. The quantitative estimate of drug-likeness (QED) is 0.557. The van der Waals surface area contributed by atoms with E-state index in [2.05, 4.69) is 39.4 Å². The van der Waals surface area contributed by atoms with Crippen LogP contribution in [0.2, 0.25) is 0 Å². The summed E-state index contributed by atoms with van der Waals surface area (Å²) in [5, 5.41) is 1.01. The lowest BCUT2D eigenvalue weighted by Crippen LogP contribution is -2.21. The molecular formula is C17H19N5. The van der Waals surface area contributed by atoms with Gasteiger partial charge in [-0.25, -0.2) is 10.8 Å². The highest BCUT2D eigenvalue weighted by molar-refractivity contribution is 5.92. The molecule has 3 N–H and O–H groups in total. The summed E-state index contributed by atoms with van der Waals surface area (Å²) in [6.07, 6.45) is 1.01. The summed E-state index contributed by atoms with van der Waals surface area (Å²) in [6, 6.07) is 18.2. The number of fused-ring (bicyclic) bond motifs is 1. The van der Waals surface area contributed by atoms with Crippen LogP contribution in [0, 0.1) is 0 Å². The van der Waals surface area contributed by atoms with Crippen LogP contribution in [-0.4, -0.2) is 16.5 Å². The maximum absolute atomic E-state index is 5.53. The smallest absolute Gasteiger partial charge is 0.239 e. The van der Waals surface area contributed by atoms with Gasteiger partial charge < -0.3 is 4.90 Å². The predicted molar refractivity (Wildman–Crippen MR) is 91.1 cm³/mol. The summed E-state index contributed by atoms with van der Waals surface area (Å²) < 4.78 is 0. The van der Waals surface area contributed by atoms with Crippen molar-refractivity contribution in [3.05, 3.63) is 54.6 Å². The SMILES string of the molecule is CCCN(c1ccccc1)c1nc(NN)nc2ccccc12. The van der Waals surface area contributed by atoms with Gasteiger partial charge in [0.05, 0.1) is 5.52 Å². The Kier molecular flexibility index (Phi) is 4.16. The minimum atomic E-state index is 0.422. The highest BCUT2D eigenvalue weighted by Gasteiger charge is 2.15. The molecule has 112 valence electrons. The summed E-state index contributed by atoms with van der Waals surface area (Å²) >= 11 is 0. The number of hydrazine groups is 1. The molecule has 0 aliphatic rings. The second kappa shape index (κ2) is 6.41. The van der Waals surface area contributed by atoms with Crippen LogP contribution in [0.3, 0.4) is 0 Å². The molecular weight excluding hydrogens is 274 g/mol. The molecule has 22 heavy (non-hydrogen) atoms. The van der Waals surface area contributed by atoms with Crippen molar-refractivity contribution in [2.45, 2.75) is 13.3 Å². The fourth-order valence-electron chi connectivity index (χ4n) is 2.52. The predicted octanol–water partition coefficient (Wildman–Crippen LogP) is 3.46. The maximum atomic E-state index is 5.53. The van der Waals surface area contributed by atoms with Crippen LogP contribution in [0.15, 0.2) is 54.6 Å². The molecule has 0 saturated carbocycles. The van der Waals surface area contributed by atoms with E-state index in [1.807, 2.05) is 42.5 Å². The lowest BCUT2D eigenvalue weighted by molar-refractivity contribution is 0.873. The third-order valence-corrected chi connectivity index (χ3v) is 3.48. The van der Waals surface area contributed by atoms with Crippen molar-refractivity contribution >= 4 is 28.4 Å². The number of anilines is 3. The molecule has 2 aromatic carbocycles. The Hall–Kier alpha value is -2.66. The zero-order valence-electron chi connectivity index (χ0n) is 12.5. The number of hydrogen-bond donors (Lipinski definition) is 2. The lowest BCUT2D eigenvalue weighted by atomic mass is 10.2. The molecule has 0 unspecified atom stereocenters. The Labute approximate surface area is 129 Å². The highest BCUT2D eigenvalue weighted by atomic mass is 15.3. The van der Waals surface area contributed by atoms with E-state index in [-0.39, 0.29) is 0 Å². The molecule has 0 saturated heterocycles. The van der Waals surface area contributed by atoms with Gasteiger partial charge in [0.25, 0.3) is 0 Å². The topological polar surface area (TPSA) is 67.1 Å². The maximum Gasteiger partial charge on any atom is 0.239 e. The Morgan fingerprint density at radius 3 is 2.45 bits per heavy atom. The van der Waals surface area contributed by atoms with Crippen molar-refractivity contribution in [3.63, 3.8) is 0 Å². The fourth-order valence-corrected chi connectivity index (χ4v) is 2.52. The largest absolute Gasteiger partial charge is 0.326 e. The molecule has 5 heteroatoms. The van der Waals surface area contributed by atoms with Gasteiger partial charge in [-0.1, -0.05) is 37.3 Å². The Balaban J connectivity index is 2.20. The summed E-state index contributed by atoms with van der Waals surface area (Å²) in [4.78, 5) is 11.2. The first-order valence-electron chi connectivity index (χ1n) is 7.39. The Morgan fingerprint density at radius 2 is 1.73 bits per heavy atom. The van der Waals surface area contributed by atoms with Crippen LogP contribution < -0.4 is 16.2 Å². The molecule has 0 aliphatic heterocycles. The Morgan fingerprint density at radius 1 is 1.00 bits per heavy atom. The van der Waals surface area contributed by atoms with Crippen molar-refractivity contribution in [2.24, 2.45) is 5.84 Å². The number of nitrogen functional groups attached to an aromatic ring is 1. The van der Waals surface area contributed by atoms with Gasteiger partial charge in [0, 0.05) is 17.6 Å². The fraction of sp³-hybridized carbons (Fsp3) is 0.176. The number of rotatable bonds is 5. The van der Waals surface area contributed by atoms with Gasteiger partial charge >= 0.3 is 0 Å². The summed E-state index contributed by atoms with van der Waals surface area (Å²) in [5.74, 6) is 6.82. The zero-order chi connectivity index (χ0) is 15.4. The molecule has 5 nitrogen and oxygen atoms in total. The third kappa shape index (κ3) is 2.71.